The molecule has 1 heterocycles. The molecule has 10 heteroatoms. The van der Waals surface area contributed by atoms with E-state index in [0.29, 0.717) is 5.57 Å². The number of alkyl halides is 3. The number of nitrogens with zero attached hydrogens (tertiary/aromatic N) is 1. The zero-order valence-corrected chi connectivity index (χ0v) is 18.0. The van der Waals surface area contributed by atoms with Gasteiger partial charge in [0.2, 0.25) is 0 Å². The fraction of sp³-hybridized carbons (Fsp3) is 0.130. The van der Waals surface area contributed by atoms with Crippen LogP contribution in [-0.2, 0) is 6.18 Å². The quantitative estimate of drug-likeness (QED) is 0.294. The van der Waals surface area contributed by atoms with Gasteiger partial charge in [-0.25, -0.2) is 13.8 Å². The highest BCUT2D eigenvalue weighted by molar-refractivity contribution is 7.19. The first kappa shape index (κ1) is 24.1. The average molecular weight is 480 g/mol. The number of carbonyl (C=O) groups excluding carboxylic acids is 1. The number of aromatic nitrogens is 1. The highest BCUT2D eigenvalue weighted by Gasteiger charge is 2.32. The lowest BCUT2D eigenvalue weighted by Crippen LogP contribution is -2.15. The molecule has 1 N–H and O–H groups in total. The second kappa shape index (κ2) is 9.53. The SMILES string of the molecule is C=CCOc1ccc(C(F)(F)F)cc1-c1sc(NC(=O)c2c(F)cccc2F)nc1C(=C)C. The molecule has 2 aromatic carbocycles. The molecule has 1 aromatic heterocycles. The summed E-state index contributed by atoms with van der Waals surface area (Å²) < 4.78 is 73.5. The number of thiazole rings is 1. The number of rotatable bonds is 7. The van der Waals surface area contributed by atoms with E-state index in [4.69, 9.17) is 4.74 Å². The highest BCUT2D eigenvalue weighted by atomic mass is 32.1. The Morgan fingerprint density at radius 3 is 2.45 bits per heavy atom. The Hall–Kier alpha value is -3.53. The van der Waals surface area contributed by atoms with Gasteiger partial charge < -0.3 is 4.74 Å². The van der Waals surface area contributed by atoms with E-state index >= 15 is 0 Å². The minimum Gasteiger partial charge on any atom is -0.489 e. The minimum absolute atomic E-state index is 0.0374. The van der Waals surface area contributed by atoms with E-state index in [2.05, 4.69) is 23.5 Å². The Bertz CT molecular complexity index is 1210. The Labute approximate surface area is 190 Å². The maximum Gasteiger partial charge on any atom is 0.416 e. The van der Waals surface area contributed by atoms with Crippen LogP contribution in [0.4, 0.5) is 27.1 Å². The molecule has 0 radical (unpaired) electrons. The number of anilines is 1. The van der Waals surface area contributed by atoms with Crippen LogP contribution in [0.3, 0.4) is 0 Å². The van der Waals surface area contributed by atoms with Crippen molar-refractivity contribution in [2.24, 2.45) is 0 Å². The van der Waals surface area contributed by atoms with Crippen LogP contribution in [0.15, 0.2) is 55.6 Å². The van der Waals surface area contributed by atoms with Crippen LogP contribution >= 0.6 is 11.3 Å². The molecule has 0 saturated carbocycles. The molecule has 0 aliphatic heterocycles. The molecule has 0 fully saturated rings. The van der Waals surface area contributed by atoms with Gasteiger partial charge in [0, 0.05) is 5.56 Å². The van der Waals surface area contributed by atoms with Gasteiger partial charge in [0.1, 0.15) is 29.6 Å². The van der Waals surface area contributed by atoms with Gasteiger partial charge in [-0.2, -0.15) is 13.2 Å². The molecule has 1 amide bonds. The van der Waals surface area contributed by atoms with Crippen LogP contribution in [0.2, 0.25) is 0 Å². The van der Waals surface area contributed by atoms with E-state index in [-0.39, 0.29) is 33.6 Å². The second-order valence-electron chi connectivity index (χ2n) is 6.84. The molecule has 33 heavy (non-hydrogen) atoms. The predicted molar refractivity (Wildman–Crippen MR) is 117 cm³/mol. The maximum atomic E-state index is 13.9. The summed E-state index contributed by atoms with van der Waals surface area (Å²) in [6.07, 6.45) is -3.18. The van der Waals surface area contributed by atoms with E-state index in [9.17, 15) is 26.7 Å². The third-order valence-electron chi connectivity index (χ3n) is 4.35. The fourth-order valence-electron chi connectivity index (χ4n) is 2.88. The lowest BCUT2D eigenvalue weighted by Gasteiger charge is -2.14. The number of hydrogen-bond acceptors (Lipinski definition) is 4. The summed E-state index contributed by atoms with van der Waals surface area (Å²) in [5, 5.41) is 2.22. The van der Waals surface area contributed by atoms with Crippen molar-refractivity contribution in [3.8, 4) is 16.2 Å². The molecule has 0 bridgehead atoms. The molecule has 4 nitrogen and oxygen atoms in total. The molecule has 172 valence electrons. The number of carbonyl (C=O) groups is 1. The molecule has 0 spiro atoms. The smallest absolute Gasteiger partial charge is 0.416 e. The number of allylic oxidation sites excluding steroid dienone is 1. The molecule has 0 atom stereocenters. The summed E-state index contributed by atoms with van der Waals surface area (Å²) in [6.45, 7) is 8.93. The molecule has 0 saturated heterocycles. The van der Waals surface area contributed by atoms with E-state index in [1.54, 1.807) is 6.92 Å². The summed E-state index contributed by atoms with van der Waals surface area (Å²) in [7, 11) is 0. The number of amides is 1. The maximum absolute atomic E-state index is 13.9. The first-order valence-electron chi connectivity index (χ1n) is 9.40. The standard InChI is InChI=1S/C23H17F5N2O2S/c1-4-10-32-17-9-8-13(23(26,27)28)11-14(17)20-19(12(2)3)29-22(33-20)30-21(31)18-15(24)6-5-7-16(18)25/h4-9,11H,1-2,10H2,3H3,(H,29,30,31). The Morgan fingerprint density at radius 2 is 1.88 bits per heavy atom. The number of ether oxygens (including phenoxy) is 1. The summed E-state index contributed by atoms with van der Waals surface area (Å²) >= 11 is 0.821. The van der Waals surface area contributed by atoms with Crippen LogP contribution in [0.5, 0.6) is 5.75 Å². The highest BCUT2D eigenvalue weighted by Crippen LogP contribution is 2.43. The monoisotopic (exact) mass is 480 g/mol. The summed E-state index contributed by atoms with van der Waals surface area (Å²) in [6, 6.07) is 5.93. The van der Waals surface area contributed by atoms with Crippen LogP contribution in [0.25, 0.3) is 16.0 Å². The van der Waals surface area contributed by atoms with Gasteiger partial charge in [-0.1, -0.05) is 36.6 Å². The summed E-state index contributed by atoms with van der Waals surface area (Å²) in [5.41, 5.74) is -1.05. The Kier molecular flexibility index (Phi) is 6.97. The fourth-order valence-corrected chi connectivity index (χ4v) is 3.94. The zero-order chi connectivity index (χ0) is 24.3. The zero-order valence-electron chi connectivity index (χ0n) is 17.2. The molecular weight excluding hydrogens is 463 g/mol. The number of nitrogens with one attached hydrogen (secondary N) is 1. The van der Waals surface area contributed by atoms with E-state index in [1.807, 2.05) is 0 Å². The van der Waals surface area contributed by atoms with Crippen molar-refractivity contribution in [1.82, 2.24) is 4.98 Å². The van der Waals surface area contributed by atoms with Gasteiger partial charge >= 0.3 is 6.18 Å². The summed E-state index contributed by atoms with van der Waals surface area (Å²) in [5.74, 6) is -3.09. The van der Waals surface area contributed by atoms with Gasteiger partial charge in [-0.05, 0) is 42.8 Å². The van der Waals surface area contributed by atoms with E-state index in [1.165, 1.54) is 12.1 Å². The number of hydrogen-bond donors (Lipinski definition) is 1. The minimum atomic E-state index is -4.61. The predicted octanol–water partition coefficient (Wildman–Crippen LogP) is 6.96. The lowest BCUT2D eigenvalue weighted by molar-refractivity contribution is -0.137. The van der Waals surface area contributed by atoms with Gasteiger partial charge in [-0.15, -0.1) is 0 Å². The van der Waals surface area contributed by atoms with Crippen LogP contribution in [0, 0.1) is 11.6 Å². The van der Waals surface area contributed by atoms with Gasteiger partial charge in [0.25, 0.3) is 5.91 Å². The van der Waals surface area contributed by atoms with E-state index in [0.717, 1.165) is 41.7 Å². The van der Waals surface area contributed by atoms with Gasteiger partial charge in [-0.3, -0.25) is 10.1 Å². The second-order valence-corrected chi connectivity index (χ2v) is 7.84. The molecule has 0 unspecified atom stereocenters. The van der Waals surface area contributed by atoms with Crippen molar-refractivity contribution in [1.29, 1.82) is 0 Å². The largest absolute Gasteiger partial charge is 0.489 e. The number of benzene rings is 2. The van der Waals surface area contributed by atoms with Gasteiger partial charge in [0.05, 0.1) is 16.1 Å². The topological polar surface area (TPSA) is 51.2 Å². The molecule has 3 rings (SSSR count). The van der Waals surface area contributed by atoms with Crippen molar-refractivity contribution < 1.29 is 31.5 Å². The Morgan fingerprint density at radius 1 is 1.21 bits per heavy atom. The average Bonchev–Trinajstić information content (AvgIpc) is 3.15. The molecule has 0 aliphatic carbocycles. The van der Waals surface area contributed by atoms with Crippen molar-refractivity contribution >= 4 is 27.9 Å². The third-order valence-corrected chi connectivity index (χ3v) is 5.35. The third kappa shape index (κ3) is 5.28. The Balaban J connectivity index is 2.10. The van der Waals surface area contributed by atoms with Crippen LogP contribution < -0.4 is 10.1 Å². The summed E-state index contributed by atoms with van der Waals surface area (Å²) in [4.78, 5) is 16.9. The van der Waals surface area contributed by atoms with Gasteiger partial charge in [0.15, 0.2) is 5.13 Å². The first-order valence-corrected chi connectivity index (χ1v) is 10.2. The van der Waals surface area contributed by atoms with Crippen molar-refractivity contribution in [3.63, 3.8) is 0 Å². The first-order chi connectivity index (χ1) is 15.5. The van der Waals surface area contributed by atoms with Crippen molar-refractivity contribution in [3.05, 3.63) is 84.1 Å². The number of halogens is 5. The molecule has 3 aromatic rings. The van der Waals surface area contributed by atoms with Crippen LogP contribution in [-0.4, -0.2) is 17.5 Å². The lowest BCUT2D eigenvalue weighted by atomic mass is 10.0. The van der Waals surface area contributed by atoms with Crippen molar-refractivity contribution in [2.75, 3.05) is 11.9 Å². The molecule has 0 aliphatic rings. The van der Waals surface area contributed by atoms with Crippen LogP contribution in [0.1, 0.15) is 28.5 Å². The van der Waals surface area contributed by atoms with E-state index < -0.39 is 34.8 Å². The molecular formula is C23H17F5N2O2S. The normalized spacial score (nSPS) is 11.2. The van der Waals surface area contributed by atoms with Crippen molar-refractivity contribution in [2.45, 2.75) is 13.1 Å².